The smallest absolute Gasteiger partial charge is 0.436 e. The van der Waals surface area contributed by atoms with Crippen LogP contribution in [0, 0.1) is 43.1 Å². The topological polar surface area (TPSA) is 50.2 Å². The van der Waals surface area contributed by atoms with Gasteiger partial charge in [0.25, 0.3) is 0 Å². The Hall–Kier alpha value is -3.60. The number of aliphatic hydroxyl groups excluding tert-OH is 1. The second-order valence-electron chi connectivity index (χ2n) is 20.1. The third-order valence-corrected chi connectivity index (χ3v) is 14.4. The molecule has 0 amide bonds. The van der Waals surface area contributed by atoms with Crippen molar-refractivity contribution in [3.8, 4) is 21.7 Å². The molecule has 1 N–H and O–H groups in total. The van der Waals surface area contributed by atoms with E-state index in [-0.39, 0.29) is 69.3 Å². The van der Waals surface area contributed by atoms with Crippen molar-refractivity contribution >= 4 is 38.0 Å². The molecule has 359 valence electrons. The van der Waals surface area contributed by atoms with Crippen LogP contribution in [0.1, 0.15) is 142 Å². The van der Waals surface area contributed by atoms with E-state index in [1.54, 1.807) is 0 Å². The Labute approximate surface area is 399 Å². The molecule has 12 heteroatoms. The van der Waals surface area contributed by atoms with Crippen molar-refractivity contribution in [1.29, 1.82) is 0 Å². The summed E-state index contributed by atoms with van der Waals surface area (Å²) in [6, 6.07) is 16.6. The Bertz CT molecular complexity index is 2490. The minimum absolute atomic E-state index is 0. The Morgan fingerprint density at radius 3 is 1.72 bits per heavy atom. The molecule has 0 fully saturated rings. The Balaban J connectivity index is 0.000000530. The van der Waals surface area contributed by atoms with Crippen molar-refractivity contribution in [2.24, 2.45) is 16.2 Å². The van der Waals surface area contributed by atoms with Gasteiger partial charge in [-0.25, -0.2) is 4.39 Å². The molecule has 0 aliphatic carbocycles. The molecule has 0 saturated heterocycles. The predicted molar refractivity (Wildman–Crippen MR) is 251 cm³/mol. The summed E-state index contributed by atoms with van der Waals surface area (Å²) in [6.45, 7) is 29.6. The summed E-state index contributed by atoms with van der Waals surface area (Å²) in [7, 11) is 0. The number of pyridine rings is 1. The van der Waals surface area contributed by atoms with Crippen molar-refractivity contribution in [2.45, 2.75) is 159 Å². The molecule has 1 radical (unpaired) electrons. The molecule has 0 aliphatic rings. The minimum Gasteiger partial charge on any atom is -0.512 e. The molecule has 5 aromatic rings. The average molecular weight is 1110 g/mol. The summed E-state index contributed by atoms with van der Waals surface area (Å²) >= 11 is 1.03. The molecule has 3 nitrogen and oxygen atoms in total. The number of benzene rings is 3. The van der Waals surface area contributed by atoms with Crippen LogP contribution in [0.5, 0.6) is 0 Å². The van der Waals surface area contributed by atoms with E-state index in [9.17, 15) is 36.2 Å². The first kappa shape index (κ1) is 55.7. The van der Waals surface area contributed by atoms with Crippen molar-refractivity contribution in [2.75, 3.05) is 0 Å². The molecular formula is C53H65F7IrNO2S-. The van der Waals surface area contributed by atoms with Crippen LogP contribution in [-0.2, 0) is 42.4 Å². The summed E-state index contributed by atoms with van der Waals surface area (Å²) in [5, 5.41) is 11.3. The minimum atomic E-state index is -6.29. The maximum Gasteiger partial charge on any atom is 0.436 e. The SMILES string of the molecule is CCC(C)(CC)C(=O)/C=C(\O)C(C)(CC)CC.Cc1cc(CC(C)(C)C)cc(C)c1-c1sc2c(-c3[c-]c4ccccc4c(C(C)(C)C)c3)ncc(C(F)(C(F)(F)F)C(F)(F)F)c2c1C.[Ir]. The molecule has 0 atom stereocenters. The molecule has 0 saturated carbocycles. The number of allylic oxidation sites excluding steroid dienone is 2. The third kappa shape index (κ3) is 11.2. The van der Waals surface area contributed by atoms with E-state index in [1.807, 2.05) is 119 Å². The fourth-order valence-electron chi connectivity index (χ4n) is 8.20. The molecule has 0 bridgehead atoms. The van der Waals surface area contributed by atoms with Gasteiger partial charge in [0.1, 0.15) is 5.76 Å². The van der Waals surface area contributed by atoms with E-state index in [1.165, 1.54) is 13.0 Å². The number of hydrogen-bond acceptors (Lipinski definition) is 4. The Kier molecular flexibility index (Phi) is 17.1. The molecule has 0 spiro atoms. The van der Waals surface area contributed by atoms with E-state index in [2.05, 4.69) is 31.8 Å². The molecule has 3 aromatic carbocycles. The second-order valence-corrected chi connectivity index (χ2v) is 21.1. The zero-order valence-electron chi connectivity index (χ0n) is 40.4. The summed E-state index contributed by atoms with van der Waals surface area (Å²) in [4.78, 5) is 16.8. The van der Waals surface area contributed by atoms with Crippen LogP contribution in [0.4, 0.5) is 30.7 Å². The molecule has 0 unspecified atom stereocenters. The first-order valence-electron chi connectivity index (χ1n) is 22.0. The fraction of sp³-hybridized carbons (Fsp3) is 0.509. The van der Waals surface area contributed by atoms with Gasteiger partial charge in [0.15, 0.2) is 5.78 Å². The maximum absolute atomic E-state index is 15.9. The monoisotopic (exact) mass is 1110 g/mol. The molecule has 5 rings (SSSR count). The number of aryl methyl sites for hydroxylation is 3. The Morgan fingerprint density at radius 1 is 0.754 bits per heavy atom. The van der Waals surface area contributed by atoms with Crippen LogP contribution >= 0.6 is 11.3 Å². The van der Waals surface area contributed by atoms with Crippen molar-refractivity contribution in [1.82, 2.24) is 4.98 Å². The maximum atomic E-state index is 15.9. The summed E-state index contributed by atoms with van der Waals surface area (Å²) in [6.07, 6.45) is -6.64. The van der Waals surface area contributed by atoms with E-state index in [0.29, 0.717) is 27.6 Å². The predicted octanol–water partition coefficient (Wildman–Crippen LogP) is 17.3. The van der Waals surface area contributed by atoms with Crippen LogP contribution < -0.4 is 0 Å². The first-order valence-corrected chi connectivity index (χ1v) is 22.8. The van der Waals surface area contributed by atoms with E-state index >= 15 is 4.39 Å². The normalized spacial score (nSPS) is 13.5. The summed E-state index contributed by atoms with van der Waals surface area (Å²) in [5.41, 5.74) is -3.21. The number of halogens is 7. The third-order valence-electron chi connectivity index (χ3n) is 13.1. The van der Waals surface area contributed by atoms with Crippen LogP contribution in [0.3, 0.4) is 0 Å². The van der Waals surface area contributed by atoms with Gasteiger partial charge in [0.05, 0.1) is 0 Å². The van der Waals surface area contributed by atoms with Crippen molar-refractivity contribution < 1.29 is 60.7 Å². The largest absolute Gasteiger partial charge is 0.512 e. The molecule has 2 heterocycles. The van der Waals surface area contributed by atoms with Crippen LogP contribution in [0.25, 0.3) is 42.6 Å². The van der Waals surface area contributed by atoms with Gasteiger partial charge in [-0.3, -0.25) is 9.78 Å². The van der Waals surface area contributed by atoms with Gasteiger partial charge in [0, 0.05) is 64.0 Å². The van der Waals surface area contributed by atoms with Crippen LogP contribution in [0.15, 0.2) is 60.5 Å². The molecule has 65 heavy (non-hydrogen) atoms. The van der Waals surface area contributed by atoms with Gasteiger partial charge in [-0.15, -0.1) is 40.5 Å². The number of fused-ring (bicyclic) bond motifs is 2. The van der Waals surface area contributed by atoms with Crippen LogP contribution in [-0.4, -0.2) is 28.2 Å². The number of aromatic nitrogens is 1. The number of carbonyl (C=O) groups is 1. The van der Waals surface area contributed by atoms with Gasteiger partial charge in [-0.2, -0.15) is 26.3 Å². The number of alkyl halides is 7. The van der Waals surface area contributed by atoms with E-state index in [4.69, 9.17) is 0 Å². The van der Waals surface area contributed by atoms with Crippen LogP contribution in [0.2, 0.25) is 0 Å². The molecular weight excluding hydrogens is 1040 g/mol. The number of thiophene rings is 1. The van der Waals surface area contributed by atoms with Crippen molar-refractivity contribution in [3.05, 3.63) is 99.9 Å². The van der Waals surface area contributed by atoms with Gasteiger partial charge in [-0.1, -0.05) is 124 Å². The van der Waals surface area contributed by atoms with Gasteiger partial charge in [-0.05, 0) is 96.9 Å². The quantitative estimate of drug-likeness (QED) is 0.0621. The fourth-order valence-corrected chi connectivity index (χ4v) is 9.71. The van der Waals surface area contributed by atoms with Gasteiger partial charge < -0.3 is 5.11 Å². The average Bonchev–Trinajstić information content (AvgIpc) is 3.53. The second kappa shape index (κ2) is 19.9. The number of carbonyl (C=O) groups excluding carboxylic acids is 1. The Morgan fingerprint density at radius 2 is 1.26 bits per heavy atom. The zero-order valence-corrected chi connectivity index (χ0v) is 43.6. The van der Waals surface area contributed by atoms with Gasteiger partial charge in [0.2, 0.25) is 0 Å². The van der Waals surface area contributed by atoms with Gasteiger partial charge >= 0.3 is 18.0 Å². The number of rotatable bonds is 11. The summed E-state index contributed by atoms with van der Waals surface area (Å²) in [5.74, 6) is 0.286. The number of aliphatic hydroxyl groups is 1. The van der Waals surface area contributed by atoms with E-state index < -0.39 is 29.0 Å². The number of hydrogen-bond donors (Lipinski definition) is 1. The first-order chi connectivity index (χ1) is 29.2. The summed E-state index contributed by atoms with van der Waals surface area (Å²) < 4.78 is 101. The zero-order chi connectivity index (χ0) is 48.8. The van der Waals surface area contributed by atoms with E-state index in [0.717, 1.165) is 71.1 Å². The standard InChI is InChI=1S/C38H37F7NS.C15H28O2.Ir/c1-20-14-23(18-34(4,5)6)15-21(2)29(20)32-22(3)30-28(36(39,37(40,41)42)38(43,44)45)19-46-31(33(30)47-32)25-16-24-12-10-11-13-26(24)27(17-25)35(7,8)9;1-7-14(5,8-2)12(16)11-13(17)15(6,9-3)10-4;/h10-15,17,19H,18H2,1-9H3;11,16H,7-10H2,1-6H3;/q-1;;/b;12-11-;. The molecule has 2 aromatic heterocycles. The molecule has 0 aliphatic heterocycles. The number of ketones is 1. The number of nitrogens with zero attached hydrogens (tertiary/aromatic N) is 1. The van der Waals surface area contributed by atoms with Crippen molar-refractivity contribution in [3.63, 3.8) is 0 Å².